The van der Waals surface area contributed by atoms with E-state index in [-0.39, 0.29) is 0 Å². The van der Waals surface area contributed by atoms with Crippen molar-refractivity contribution in [3.8, 4) is 0 Å². The molecule has 1 aromatic heterocycles. The summed E-state index contributed by atoms with van der Waals surface area (Å²) in [6.07, 6.45) is 0. The van der Waals surface area contributed by atoms with Crippen LogP contribution in [0.1, 0.15) is 17.4 Å². The summed E-state index contributed by atoms with van der Waals surface area (Å²) in [4.78, 5) is 1.39. The van der Waals surface area contributed by atoms with E-state index >= 15 is 0 Å². The number of hydrogen-bond donors (Lipinski definition) is 1. The first-order valence-electron chi connectivity index (χ1n) is 5.55. The van der Waals surface area contributed by atoms with E-state index in [9.17, 15) is 0 Å². The van der Waals surface area contributed by atoms with E-state index in [1.807, 2.05) is 11.3 Å². The molecule has 86 valence electrons. The van der Waals surface area contributed by atoms with Crippen LogP contribution in [-0.2, 0) is 17.9 Å². The largest absolute Gasteiger partial charge is 0.380 e. The van der Waals surface area contributed by atoms with Gasteiger partial charge >= 0.3 is 0 Å². The lowest BCUT2D eigenvalue weighted by Gasteiger charge is -2.03. The Morgan fingerprint density at radius 1 is 1.31 bits per heavy atom. The molecule has 0 saturated heterocycles. The Morgan fingerprint density at radius 2 is 2.12 bits per heavy atom. The molecule has 2 aromatic rings. The number of methoxy groups -OCH3 is 1. The summed E-state index contributed by atoms with van der Waals surface area (Å²) in [7, 11) is 1.75. The van der Waals surface area contributed by atoms with Crippen molar-refractivity contribution in [2.45, 2.75) is 20.1 Å². The van der Waals surface area contributed by atoms with E-state index in [0.29, 0.717) is 6.61 Å². The van der Waals surface area contributed by atoms with Crippen LogP contribution in [0, 0.1) is 0 Å². The van der Waals surface area contributed by atoms with Crippen LogP contribution in [-0.4, -0.2) is 13.7 Å². The molecule has 0 bridgehead atoms. The summed E-state index contributed by atoms with van der Waals surface area (Å²) < 4.78 is 6.64. The number of ether oxygens (including phenoxy) is 1. The first-order valence-corrected chi connectivity index (χ1v) is 6.37. The van der Waals surface area contributed by atoms with E-state index in [0.717, 1.165) is 13.1 Å². The molecule has 0 radical (unpaired) electrons. The molecule has 0 aliphatic rings. The summed E-state index contributed by atoms with van der Waals surface area (Å²) in [5.74, 6) is 0. The highest BCUT2D eigenvalue weighted by molar-refractivity contribution is 7.19. The monoisotopic (exact) mass is 235 g/mol. The highest BCUT2D eigenvalue weighted by Gasteiger charge is 2.10. The van der Waals surface area contributed by atoms with Crippen molar-refractivity contribution in [3.05, 3.63) is 34.7 Å². The Kier molecular flexibility index (Phi) is 3.93. The average molecular weight is 235 g/mol. The van der Waals surface area contributed by atoms with Crippen molar-refractivity contribution in [2.75, 3.05) is 13.7 Å². The maximum absolute atomic E-state index is 5.29. The van der Waals surface area contributed by atoms with Crippen molar-refractivity contribution in [1.82, 2.24) is 5.32 Å². The summed E-state index contributed by atoms with van der Waals surface area (Å²) in [5.41, 5.74) is 1.34. The highest BCUT2D eigenvalue weighted by Crippen LogP contribution is 2.31. The Bertz CT molecular complexity index is 464. The third-order valence-corrected chi connectivity index (χ3v) is 3.82. The molecule has 1 heterocycles. The van der Waals surface area contributed by atoms with Gasteiger partial charge in [-0.15, -0.1) is 11.3 Å². The number of rotatable bonds is 5. The Labute approximate surface area is 100 Å². The molecule has 0 unspecified atom stereocenters. The quantitative estimate of drug-likeness (QED) is 0.859. The fraction of sp³-hybridized carbons (Fsp3) is 0.385. The fourth-order valence-electron chi connectivity index (χ4n) is 1.83. The predicted octanol–water partition coefficient (Wildman–Crippen LogP) is 3.16. The Hall–Kier alpha value is -0.900. The van der Waals surface area contributed by atoms with Crippen LogP contribution >= 0.6 is 11.3 Å². The summed E-state index contributed by atoms with van der Waals surface area (Å²) in [6, 6.07) is 8.53. The Morgan fingerprint density at radius 3 is 2.88 bits per heavy atom. The minimum Gasteiger partial charge on any atom is -0.380 e. The molecule has 1 N–H and O–H groups in total. The van der Waals surface area contributed by atoms with Crippen LogP contribution in [0.3, 0.4) is 0 Å². The van der Waals surface area contributed by atoms with Crippen LogP contribution in [0.2, 0.25) is 0 Å². The van der Waals surface area contributed by atoms with Crippen LogP contribution < -0.4 is 5.32 Å². The van der Waals surface area contributed by atoms with E-state index in [1.54, 1.807) is 7.11 Å². The molecule has 0 saturated carbocycles. The van der Waals surface area contributed by atoms with Gasteiger partial charge in [0.15, 0.2) is 0 Å². The molecule has 16 heavy (non-hydrogen) atoms. The maximum atomic E-state index is 5.29. The summed E-state index contributed by atoms with van der Waals surface area (Å²) in [6.45, 7) is 4.77. The van der Waals surface area contributed by atoms with Crippen molar-refractivity contribution in [2.24, 2.45) is 0 Å². The predicted molar refractivity (Wildman–Crippen MR) is 69.9 cm³/mol. The van der Waals surface area contributed by atoms with Gasteiger partial charge in [-0.25, -0.2) is 0 Å². The lowest BCUT2D eigenvalue weighted by molar-refractivity contribution is 0.185. The maximum Gasteiger partial charge on any atom is 0.0730 e. The first-order chi connectivity index (χ1) is 7.86. The van der Waals surface area contributed by atoms with Gasteiger partial charge in [-0.2, -0.15) is 0 Å². The third kappa shape index (κ3) is 2.26. The molecule has 0 aliphatic heterocycles. The zero-order valence-corrected chi connectivity index (χ0v) is 10.6. The highest BCUT2D eigenvalue weighted by atomic mass is 32.1. The standard InChI is InChI=1S/C13H17NOS/c1-3-14-8-13-11(9-15-2)10-6-4-5-7-12(10)16-13/h4-7,14H,3,8-9H2,1-2H3. The molecule has 3 heteroatoms. The minimum atomic E-state index is 0.699. The molecular formula is C13H17NOS. The topological polar surface area (TPSA) is 21.3 Å². The average Bonchev–Trinajstić information content (AvgIpc) is 2.66. The molecule has 2 rings (SSSR count). The van der Waals surface area contributed by atoms with E-state index < -0.39 is 0 Å². The minimum absolute atomic E-state index is 0.699. The fourth-order valence-corrected chi connectivity index (χ4v) is 3.01. The smallest absolute Gasteiger partial charge is 0.0730 e. The first kappa shape index (κ1) is 11.6. The van der Waals surface area contributed by atoms with Gasteiger partial charge in [-0.3, -0.25) is 0 Å². The number of hydrogen-bond acceptors (Lipinski definition) is 3. The van der Waals surface area contributed by atoms with E-state index in [1.165, 1.54) is 20.5 Å². The van der Waals surface area contributed by atoms with Gasteiger partial charge in [-0.1, -0.05) is 25.1 Å². The molecule has 0 fully saturated rings. The van der Waals surface area contributed by atoms with Gasteiger partial charge in [0.2, 0.25) is 0 Å². The van der Waals surface area contributed by atoms with E-state index in [2.05, 4.69) is 36.5 Å². The van der Waals surface area contributed by atoms with E-state index in [4.69, 9.17) is 4.74 Å². The van der Waals surface area contributed by atoms with Gasteiger partial charge < -0.3 is 10.1 Å². The molecule has 0 amide bonds. The lowest BCUT2D eigenvalue weighted by Crippen LogP contribution is -2.11. The van der Waals surface area contributed by atoms with Crippen LogP contribution in [0.4, 0.5) is 0 Å². The molecule has 2 nitrogen and oxygen atoms in total. The second-order valence-electron chi connectivity index (χ2n) is 3.71. The van der Waals surface area contributed by atoms with Crippen molar-refractivity contribution < 1.29 is 4.74 Å². The second kappa shape index (κ2) is 5.43. The number of benzene rings is 1. The third-order valence-electron chi connectivity index (χ3n) is 2.61. The van der Waals surface area contributed by atoms with Crippen LogP contribution in [0.15, 0.2) is 24.3 Å². The van der Waals surface area contributed by atoms with Crippen molar-refractivity contribution in [1.29, 1.82) is 0 Å². The zero-order chi connectivity index (χ0) is 11.4. The number of thiophene rings is 1. The normalized spacial score (nSPS) is 11.1. The van der Waals surface area contributed by atoms with Gasteiger partial charge in [-0.05, 0) is 18.0 Å². The molecule has 1 aromatic carbocycles. The lowest BCUT2D eigenvalue weighted by atomic mass is 10.1. The molecular weight excluding hydrogens is 218 g/mol. The van der Waals surface area contributed by atoms with Gasteiger partial charge in [0, 0.05) is 28.8 Å². The second-order valence-corrected chi connectivity index (χ2v) is 4.85. The van der Waals surface area contributed by atoms with Gasteiger partial charge in [0.1, 0.15) is 0 Å². The van der Waals surface area contributed by atoms with Crippen molar-refractivity contribution in [3.63, 3.8) is 0 Å². The van der Waals surface area contributed by atoms with Gasteiger partial charge in [0.25, 0.3) is 0 Å². The SMILES string of the molecule is CCNCc1sc2ccccc2c1COC. The number of nitrogens with one attached hydrogen (secondary N) is 1. The number of fused-ring (bicyclic) bond motifs is 1. The van der Waals surface area contributed by atoms with Crippen molar-refractivity contribution >= 4 is 21.4 Å². The molecule has 0 aliphatic carbocycles. The van der Waals surface area contributed by atoms with Crippen LogP contribution in [0.5, 0.6) is 0 Å². The zero-order valence-electron chi connectivity index (χ0n) is 9.75. The molecule has 0 atom stereocenters. The van der Waals surface area contributed by atoms with Crippen LogP contribution in [0.25, 0.3) is 10.1 Å². The summed E-state index contributed by atoms with van der Waals surface area (Å²) in [5, 5.41) is 4.71. The molecule has 0 spiro atoms. The Balaban J connectivity index is 2.41. The van der Waals surface area contributed by atoms with Gasteiger partial charge in [0.05, 0.1) is 6.61 Å². The summed E-state index contributed by atoms with van der Waals surface area (Å²) >= 11 is 1.86.